The predicted octanol–water partition coefficient (Wildman–Crippen LogP) is 5.60. The number of hydrogen-bond acceptors (Lipinski definition) is 6. The maximum Gasteiger partial charge on any atom is 0.335 e. The van der Waals surface area contributed by atoms with Gasteiger partial charge in [-0.3, -0.25) is 4.99 Å². The maximum absolute atomic E-state index is 11.2. The van der Waals surface area contributed by atoms with Gasteiger partial charge in [0.2, 0.25) is 0 Å². The van der Waals surface area contributed by atoms with Gasteiger partial charge < -0.3 is 24.2 Å². The fourth-order valence-electron chi connectivity index (χ4n) is 3.74. The largest absolute Gasteiger partial charge is 0.490 e. The first-order valence-corrected chi connectivity index (χ1v) is 11.8. The van der Waals surface area contributed by atoms with Crippen molar-refractivity contribution in [2.45, 2.75) is 13.5 Å². The quantitative estimate of drug-likeness (QED) is 0.390. The van der Waals surface area contributed by atoms with Gasteiger partial charge in [-0.25, -0.2) is 4.79 Å². The van der Waals surface area contributed by atoms with Gasteiger partial charge in [-0.15, -0.1) is 0 Å². The summed E-state index contributed by atoms with van der Waals surface area (Å²) in [5.74, 6) is -0.0842. The number of halogens is 1. The molecule has 0 spiro atoms. The fourth-order valence-corrected chi connectivity index (χ4v) is 4.01. The van der Waals surface area contributed by atoms with Crippen molar-refractivity contribution in [2.75, 3.05) is 37.8 Å². The van der Waals surface area contributed by atoms with Gasteiger partial charge in [0, 0.05) is 25.0 Å². The highest BCUT2D eigenvalue weighted by Crippen LogP contribution is 2.37. The number of aliphatic imine (C=N–C) groups is 1. The van der Waals surface area contributed by atoms with E-state index in [4.69, 9.17) is 25.8 Å². The van der Waals surface area contributed by atoms with E-state index in [2.05, 4.69) is 22.0 Å². The molecule has 0 atom stereocenters. The van der Waals surface area contributed by atoms with Crippen LogP contribution in [0.25, 0.3) is 0 Å². The molecule has 182 valence electrons. The van der Waals surface area contributed by atoms with Gasteiger partial charge in [-0.1, -0.05) is 23.7 Å². The first-order chi connectivity index (χ1) is 17.0. The number of anilines is 1. The van der Waals surface area contributed by atoms with Crippen molar-refractivity contribution >= 4 is 35.2 Å². The molecule has 4 rings (SSSR count). The third-order valence-corrected chi connectivity index (χ3v) is 5.76. The Labute approximate surface area is 209 Å². The number of ether oxygens (including phenoxy) is 3. The van der Waals surface area contributed by atoms with Crippen LogP contribution in [-0.4, -0.2) is 50.2 Å². The average molecular weight is 495 g/mol. The van der Waals surface area contributed by atoms with Crippen LogP contribution in [0.4, 0.5) is 11.4 Å². The number of nitrogens with zero attached hydrogens (tertiary/aromatic N) is 2. The normalized spacial score (nSPS) is 13.7. The second-order valence-electron chi connectivity index (χ2n) is 7.93. The van der Waals surface area contributed by atoms with Gasteiger partial charge in [0.25, 0.3) is 0 Å². The van der Waals surface area contributed by atoms with Gasteiger partial charge in [0.1, 0.15) is 6.61 Å². The summed E-state index contributed by atoms with van der Waals surface area (Å²) in [5, 5.41) is 9.57. The summed E-state index contributed by atoms with van der Waals surface area (Å²) >= 11 is 6.53. The highest BCUT2D eigenvalue weighted by Gasteiger charge is 2.14. The zero-order valence-electron chi connectivity index (χ0n) is 19.4. The van der Waals surface area contributed by atoms with Crippen molar-refractivity contribution in [3.63, 3.8) is 0 Å². The van der Waals surface area contributed by atoms with E-state index in [9.17, 15) is 9.90 Å². The Morgan fingerprint density at radius 3 is 2.60 bits per heavy atom. The van der Waals surface area contributed by atoms with Crippen LogP contribution in [0.3, 0.4) is 0 Å². The number of carbonyl (C=O) groups is 1. The Hall–Kier alpha value is -3.55. The zero-order valence-corrected chi connectivity index (χ0v) is 20.2. The first-order valence-electron chi connectivity index (χ1n) is 11.4. The molecular weight excluding hydrogens is 468 g/mol. The minimum atomic E-state index is -0.987. The summed E-state index contributed by atoms with van der Waals surface area (Å²) in [5.41, 5.74) is 3.68. The molecular formula is C27H27ClN2O5. The number of hydrogen-bond donors (Lipinski definition) is 1. The van der Waals surface area contributed by atoms with E-state index in [0.29, 0.717) is 23.1 Å². The summed E-state index contributed by atoms with van der Waals surface area (Å²) in [6, 6.07) is 18.3. The second kappa shape index (κ2) is 11.7. The minimum absolute atomic E-state index is 0.157. The maximum atomic E-state index is 11.2. The Kier molecular flexibility index (Phi) is 8.23. The Bertz CT molecular complexity index is 1190. The van der Waals surface area contributed by atoms with Gasteiger partial charge in [-0.2, -0.15) is 0 Å². The van der Waals surface area contributed by atoms with Crippen LogP contribution >= 0.6 is 11.6 Å². The molecule has 0 unspecified atom stereocenters. The Morgan fingerprint density at radius 1 is 1.11 bits per heavy atom. The zero-order chi connectivity index (χ0) is 24.6. The molecule has 1 heterocycles. The van der Waals surface area contributed by atoms with Crippen molar-refractivity contribution in [3.05, 3.63) is 82.4 Å². The molecule has 0 saturated carbocycles. The third-order valence-electron chi connectivity index (χ3n) is 5.48. The Morgan fingerprint density at radius 2 is 1.89 bits per heavy atom. The van der Waals surface area contributed by atoms with E-state index in [-0.39, 0.29) is 12.2 Å². The standard InChI is InChI=1S/C27H27ClN2O5/c1-2-34-25-16-20(17-29-22-6-8-23(9-7-22)30-10-12-33-13-11-30)15-24(28)26(25)35-18-19-4-3-5-21(14-19)27(31)32/h3-9,14-17H,2,10-13,18H2,1H3,(H,31,32). The predicted molar refractivity (Wildman–Crippen MR) is 137 cm³/mol. The lowest BCUT2D eigenvalue weighted by Crippen LogP contribution is -2.36. The molecule has 1 fully saturated rings. The van der Waals surface area contributed by atoms with E-state index >= 15 is 0 Å². The molecule has 0 aromatic heterocycles. The van der Waals surface area contributed by atoms with Crippen LogP contribution in [-0.2, 0) is 11.3 Å². The number of rotatable bonds is 9. The molecule has 1 aliphatic rings. The number of carboxylic acids is 1. The molecule has 0 radical (unpaired) electrons. The highest BCUT2D eigenvalue weighted by atomic mass is 35.5. The number of carboxylic acid groups (broad SMARTS) is 1. The van der Waals surface area contributed by atoms with Crippen LogP contribution in [0.5, 0.6) is 11.5 Å². The third kappa shape index (κ3) is 6.53. The highest BCUT2D eigenvalue weighted by molar-refractivity contribution is 6.32. The first kappa shape index (κ1) is 24.6. The lowest BCUT2D eigenvalue weighted by atomic mass is 10.1. The van der Waals surface area contributed by atoms with Crippen LogP contribution in [0.2, 0.25) is 5.02 Å². The van der Waals surface area contributed by atoms with E-state index in [1.807, 2.05) is 25.1 Å². The minimum Gasteiger partial charge on any atom is -0.490 e. The smallest absolute Gasteiger partial charge is 0.335 e. The Balaban J connectivity index is 1.47. The fraction of sp³-hybridized carbons (Fsp3) is 0.259. The van der Waals surface area contributed by atoms with Crippen molar-refractivity contribution in [3.8, 4) is 11.5 Å². The lowest BCUT2D eigenvalue weighted by molar-refractivity contribution is 0.0696. The molecule has 1 aliphatic heterocycles. The molecule has 1 N–H and O–H groups in total. The molecule has 7 nitrogen and oxygen atoms in total. The molecule has 8 heteroatoms. The van der Waals surface area contributed by atoms with Crippen molar-refractivity contribution in [1.29, 1.82) is 0 Å². The second-order valence-corrected chi connectivity index (χ2v) is 8.34. The topological polar surface area (TPSA) is 80.6 Å². The SMILES string of the molecule is CCOc1cc(C=Nc2ccc(N3CCOCC3)cc2)cc(Cl)c1OCc1cccc(C(=O)O)c1. The van der Waals surface area contributed by atoms with Gasteiger partial charge in [-0.05, 0) is 66.6 Å². The molecule has 0 aliphatic carbocycles. The van der Waals surface area contributed by atoms with Gasteiger partial charge >= 0.3 is 5.97 Å². The molecule has 3 aromatic rings. The summed E-state index contributed by atoms with van der Waals surface area (Å²) < 4.78 is 17.1. The van der Waals surface area contributed by atoms with Crippen molar-refractivity contribution < 1.29 is 24.1 Å². The van der Waals surface area contributed by atoms with Crippen LogP contribution in [0, 0.1) is 0 Å². The summed E-state index contributed by atoms with van der Waals surface area (Å²) in [6.07, 6.45) is 1.73. The number of benzene rings is 3. The van der Waals surface area contributed by atoms with E-state index < -0.39 is 5.97 Å². The monoisotopic (exact) mass is 494 g/mol. The van der Waals surface area contributed by atoms with Crippen LogP contribution in [0.1, 0.15) is 28.4 Å². The average Bonchev–Trinajstić information content (AvgIpc) is 2.88. The molecule has 0 bridgehead atoms. The van der Waals surface area contributed by atoms with E-state index in [1.165, 1.54) is 6.07 Å². The summed E-state index contributed by atoms with van der Waals surface area (Å²) in [6.45, 7) is 5.75. The van der Waals surface area contributed by atoms with Crippen LogP contribution in [0.15, 0.2) is 65.7 Å². The molecule has 0 amide bonds. The summed E-state index contributed by atoms with van der Waals surface area (Å²) in [4.78, 5) is 18.1. The van der Waals surface area contributed by atoms with E-state index in [1.54, 1.807) is 30.5 Å². The van der Waals surface area contributed by atoms with Gasteiger partial charge in [0.15, 0.2) is 11.5 Å². The lowest BCUT2D eigenvalue weighted by Gasteiger charge is -2.28. The van der Waals surface area contributed by atoms with Crippen molar-refractivity contribution in [1.82, 2.24) is 0 Å². The number of aromatic carboxylic acids is 1. The van der Waals surface area contributed by atoms with Gasteiger partial charge in [0.05, 0.1) is 36.1 Å². The summed E-state index contributed by atoms with van der Waals surface area (Å²) in [7, 11) is 0. The molecule has 1 saturated heterocycles. The van der Waals surface area contributed by atoms with Crippen LogP contribution < -0.4 is 14.4 Å². The van der Waals surface area contributed by atoms with Crippen molar-refractivity contribution in [2.24, 2.45) is 4.99 Å². The van der Waals surface area contributed by atoms with E-state index in [0.717, 1.165) is 48.8 Å². The molecule has 3 aromatic carbocycles. The number of morpholine rings is 1. The molecule has 35 heavy (non-hydrogen) atoms.